The van der Waals surface area contributed by atoms with Gasteiger partial charge in [0, 0.05) is 0 Å². The number of quaternary nitrogens is 1. The first-order valence-corrected chi connectivity index (χ1v) is 5.49. The van der Waals surface area contributed by atoms with Gasteiger partial charge in [0.25, 0.3) is 10.5 Å². The first-order valence-electron chi connectivity index (χ1n) is 4.18. The predicted molar refractivity (Wildman–Crippen MR) is 46.5 cm³/mol. The first-order chi connectivity index (χ1) is 5.71. The maximum Gasteiger partial charge on any atom is 0.255 e. The predicted octanol–water partition coefficient (Wildman–Crippen LogP) is 0.663. The summed E-state index contributed by atoms with van der Waals surface area (Å²) in [6, 6.07) is 0. The number of piperidine rings is 1. The van der Waals surface area contributed by atoms with Crippen LogP contribution in [0.1, 0.15) is 19.3 Å². The van der Waals surface area contributed by atoms with Crippen LogP contribution in [0.25, 0.3) is 0 Å². The average molecular weight is 213 g/mol. The van der Waals surface area contributed by atoms with Crippen LogP contribution in [-0.4, -0.2) is 44.6 Å². The minimum absolute atomic E-state index is 1.25. The van der Waals surface area contributed by atoms with Gasteiger partial charge in [0.15, 0.2) is 0 Å². The lowest BCUT2D eigenvalue weighted by Crippen LogP contribution is -2.43. The van der Waals surface area contributed by atoms with E-state index in [0.717, 1.165) is 0 Å². The summed E-state index contributed by atoms with van der Waals surface area (Å²) >= 11 is 0. The van der Waals surface area contributed by atoms with Gasteiger partial charge in [0.2, 0.25) is 0 Å². The maximum atomic E-state index is 10.1. The Kier molecular flexibility index (Phi) is 4.80. The van der Waals surface area contributed by atoms with Crippen molar-refractivity contribution in [3.05, 3.63) is 0 Å². The van der Waals surface area contributed by atoms with E-state index in [1.165, 1.54) is 36.8 Å². The van der Waals surface area contributed by atoms with Crippen molar-refractivity contribution in [1.29, 1.82) is 0 Å². The van der Waals surface area contributed by atoms with E-state index in [2.05, 4.69) is 14.1 Å². The lowest BCUT2D eigenvalue weighted by atomic mass is 10.1. The number of nitrogens with zero attached hydrogens (tertiary/aromatic N) is 1. The molecule has 0 bridgehead atoms. The minimum atomic E-state index is -5.42. The van der Waals surface area contributed by atoms with E-state index >= 15 is 0 Å². The zero-order chi connectivity index (χ0) is 10.5. The highest BCUT2D eigenvalue weighted by atomic mass is 32.3. The van der Waals surface area contributed by atoms with Crippen LogP contribution >= 0.6 is 0 Å². The number of hydrogen-bond acceptors (Lipinski definition) is 3. The van der Waals surface area contributed by atoms with E-state index in [9.17, 15) is 3.89 Å². The summed E-state index contributed by atoms with van der Waals surface area (Å²) < 4.78 is 36.6. The second-order valence-corrected chi connectivity index (χ2v) is 4.62. The van der Waals surface area contributed by atoms with Crippen molar-refractivity contribution in [1.82, 2.24) is 0 Å². The van der Waals surface area contributed by atoms with Crippen LogP contribution in [0.5, 0.6) is 0 Å². The smallest absolute Gasteiger partial charge is 0.255 e. The van der Waals surface area contributed by atoms with Gasteiger partial charge in [-0.15, -0.1) is 3.89 Å². The lowest BCUT2D eigenvalue weighted by Gasteiger charge is -2.33. The molecule has 0 aliphatic carbocycles. The molecule has 0 aromatic heterocycles. The normalized spacial score (nSPS) is 21.5. The van der Waals surface area contributed by atoms with Crippen LogP contribution in [0, 0.1) is 0 Å². The molecule has 4 nitrogen and oxygen atoms in total. The molecule has 0 N–H and O–H groups in total. The summed E-state index contributed by atoms with van der Waals surface area (Å²) in [5.74, 6) is 0. The Labute approximate surface area is 79.0 Å². The molecule has 0 saturated carbocycles. The SMILES string of the molecule is C[N+]1(C)CCCCC1.O=S(=O)([O-])F. The summed E-state index contributed by atoms with van der Waals surface area (Å²) in [5, 5.41) is 0. The van der Waals surface area contributed by atoms with Gasteiger partial charge in [-0.25, -0.2) is 8.42 Å². The molecule has 1 aliphatic heterocycles. The molecule has 80 valence electrons. The Hall–Kier alpha value is -0.200. The second kappa shape index (κ2) is 4.88. The summed E-state index contributed by atoms with van der Waals surface area (Å²) in [6.07, 6.45) is 4.34. The Morgan fingerprint density at radius 2 is 1.46 bits per heavy atom. The number of rotatable bonds is 0. The van der Waals surface area contributed by atoms with Crippen molar-refractivity contribution in [3.63, 3.8) is 0 Å². The third kappa shape index (κ3) is 11.8. The van der Waals surface area contributed by atoms with E-state index < -0.39 is 10.5 Å². The van der Waals surface area contributed by atoms with Crippen molar-refractivity contribution in [2.24, 2.45) is 0 Å². The van der Waals surface area contributed by atoms with Crippen LogP contribution in [-0.2, 0) is 10.5 Å². The third-order valence-corrected chi connectivity index (χ3v) is 2.03. The van der Waals surface area contributed by atoms with Gasteiger partial charge in [-0.2, -0.15) is 0 Å². The summed E-state index contributed by atoms with van der Waals surface area (Å²) in [5.41, 5.74) is 0. The summed E-state index contributed by atoms with van der Waals surface area (Å²) in [4.78, 5) is 0. The fourth-order valence-electron chi connectivity index (χ4n) is 1.37. The van der Waals surface area contributed by atoms with Crippen molar-refractivity contribution in [2.75, 3.05) is 27.2 Å². The highest BCUT2D eigenvalue weighted by molar-refractivity contribution is 7.80. The molecule has 1 saturated heterocycles. The van der Waals surface area contributed by atoms with Gasteiger partial charge in [0.1, 0.15) is 0 Å². The van der Waals surface area contributed by atoms with Crippen molar-refractivity contribution in [2.45, 2.75) is 19.3 Å². The summed E-state index contributed by atoms with van der Waals surface area (Å²) in [6.45, 7) is 2.78. The van der Waals surface area contributed by atoms with Gasteiger partial charge < -0.3 is 9.04 Å². The molecule has 0 radical (unpaired) electrons. The van der Waals surface area contributed by atoms with E-state index in [1.54, 1.807) is 0 Å². The van der Waals surface area contributed by atoms with Crippen molar-refractivity contribution in [3.8, 4) is 0 Å². The second-order valence-electron chi connectivity index (χ2n) is 3.84. The standard InChI is InChI=1S/C7H16N.FHO3S/c1-8(2)6-4-3-5-7-8;1-5(2,3)4/h3-7H2,1-2H3;(H,2,3,4)/q+1;/p-1. The van der Waals surface area contributed by atoms with Crippen LogP contribution in [0.3, 0.4) is 0 Å². The molecular formula is C7H16FNO3S. The van der Waals surface area contributed by atoms with Gasteiger partial charge >= 0.3 is 0 Å². The highest BCUT2D eigenvalue weighted by Gasteiger charge is 2.17. The molecule has 0 atom stereocenters. The van der Waals surface area contributed by atoms with Crippen LogP contribution < -0.4 is 0 Å². The summed E-state index contributed by atoms with van der Waals surface area (Å²) in [7, 11) is -0.779. The van der Waals surface area contributed by atoms with Gasteiger partial charge in [-0.3, -0.25) is 0 Å². The van der Waals surface area contributed by atoms with Crippen LogP contribution in [0.15, 0.2) is 0 Å². The number of halogens is 1. The Morgan fingerprint density at radius 1 is 1.15 bits per heavy atom. The van der Waals surface area contributed by atoms with E-state index in [4.69, 9.17) is 13.0 Å². The largest absolute Gasteiger partial charge is 0.722 e. The maximum absolute atomic E-state index is 10.1. The molecule has 0 amide bonds. The van der Waals surface area contributed by atoms with Gasteiger partial charge in [-0.1, -0.05) is 0 Å². The molecule has 13 heavy (non-hydrogen) atoms. The topological polar surface area (TPSA) is 57.2 Å². The fraction of sp³-hybridized carbons (Fsp3) is 1.00. The zero-order valence-corrected chi connectivity index (χ0v) is 8.81. The third-order valence-electron chi connectivity index (χ3n) is 2.03. The fourth-order valence-corrected chi connectivity index (χ4v) is 1.37. The van der Waals surface area contributed by atoms with Gasteiger partial charge in [-0.05, 0) is 19.3 Å². The van der Waals surface area contributed by atoms with E-state index in [-0.39, 0.29) is 0 Å². The molecule has 1 heterocycles. The lowest BCUT2D eigenvalue weighted by molar-refractivity contribution is -0.894. The van der Waals surface area contributed by atoms with Gasteiger partial charge in [0.05, 0.1) is 27.2 Å². The van der Waals surface area contributed by atoms with Crippen LogP contribution in [0.2, 0.25) is 0 Å². The van der Waals surface area contributed by atoms with Crippen molar-refractivity contribution >= 4 is 10.5 Å². The Balaban J connectivity index is 0.000000252. The van der Waals surface area contributed by atoms with Crippen molar-refractivity contribution < 1.29 is 21.3 Å². The monoisotopic (exact) mass is 213 g/mol. The molecule has 0 aromatic rings. The van der Waals surface area contributed by atoms with E-state index in [1.807, 2.05) is 0 Å². The minimum Gasteiger partial charge on any atom is -0.722 e. The Morgan fingerprint density at radius 3 is 1.62 bits per heavy atom. The molecule has 0 spiro atoms. The molecular weight excluding hydrogens is 197 g/mol. The quantitative estimate of drug-likeness (QED) is 0.337. The molecule has 1 rings (SSSR count). The molecule has 0 aromatic carbocycles. The first kappa shape index (κ1) is 12.8. The molecule has 6 heteroatoms. The molecule has 0 unspecified atom stereocenters. The van der Waals surface area contributed by atoms with E-state index in [0.29, 0.717) is 0 Å². The zero-order valence-electron chi connectivity index (χ0n) is 7.99. The molecule has 1 aliphatic rings. The van der Waals surface area contributed by atoms with Crippen LogP contribution in [0.4, 0.5) is 3.89 Å². The Bertz CT molecular complexity index is 222. The average Bonchev–Trinajstić information content (AvgIpc) is 1.82. The number of likely N-dealkylation sites (tertiary alicyclic amines) is 1. The molecule has 1 fully saturated rings. The highest BCUT2D eigenvalue weighted by Crippen LogP contribution is 2.12. The number of hydrogen-bond donors (Lipinski definition) is 0.